The predicted octanol–water partition coefficient (Wildman–Crippen LogP) is 1.39. The summed E-state index contributed by atoms with van der Waals surface area (Å²) >= 11 is 4.98. The molecule has 2 N–H and O–H groups in total. The number of piperidine rings is 1. The van der Waals surface area contributed by atoms with Crippen LogP contribution in [0.5, 0.6) is 0 Å². The van der Waals surface area contributed by atoms with Crippen LogP contribution in [0.2, 0.25) is 0 Å². The summed E-state index contributed by atoms with van der Waals surface area (Å²) in [7, 11) is 2.21. The van der Waals surface area contributed by atoms with Crippen molar-refractivity contribution in [3.05, 3.63) is 18.2 Å². The highest BCUT2D eigenvalue weighted by molar-refractivity contribution is 7.80. The van der Waals surface area contributed by atoms with Gasteiger partial charge in [-0.15, -0.1) is 0 Å². The van der Waals surface area contributed by atoms with Crippen LogP contribution in [-0.2, 0) is 6.54 Å². The van der Waals surface area contributed by atoms with Crippen molar-refractivity contribution in [3.8, 4) is 0 Å². The first-order valence-corrected chi connectivity index (χ1v) is 6.60. The summed E-state index contributed by atoms with van der Waals surface area (Å²) in [5.41, 5.74) is 5.63. The molecule has 4 nitrogen and oxygen atoms in total. The second kappa shape index (κ2) is 5.60. The third kappa shape index (κ3) is 3.04. The average molecular weight is 252 g/mol. The Kier molecular flexibility index (Phi) is 4.12. The molecule has 5 heteroatoms. The lowest BCUT2D eigenvalue weighted by Gasteiger charge is -2.32. The average Bonchev–Trinajstić information content (AvgIpc) is 2.76. The maximum atomic E-state index is 5.63. The Morgan fingerprint density at radius 2 is 2.41 bits per heavy atom. The molecule has 1 aliphatic heterocycles. The second-order valence-electron chi connectivity index (χ2n) is 4.73. The lowest BCUT2D eigenvalue weighted by Crippen LogP contribution is -2.37. The maximum Gasteiger partial charge on any atom is 0.167 e. The van der Waals surface area contributed by atoms with E-state index in [-0.39, 0.29) is 0 Å². The van der Waals surface area contributed by atoms with Gasteiger partial charge in [0.2, 0.25) is 0 Å². The van der Waals surface area contributed by atoms with Crippen molar-refractivity contribution in [2.75, 3.05) is 13.6 Å². The molecule has 0 bridgehead atoms. The Morgan fingerprint density at radius 3 is 3.12 bits per heavy atom. The zero-order valence-corrected chi connectivity index (χ0v) is 11.1. The van der Waals surface area contributed by atoms with Gasteiger partial charge in [0.15, 0.2) is 5.82 Å². The first-order chi connectivity index (χ1) is 8.18. The number of imidazole rings is 1. The van der Waals surface area contributed by atoms with Gasteiger partial charge in [-0.1, -0.05) is 18.6 Å². The molecule has 0 spiro atoms. The SMILES string of the molecule is CN1CCCCC1CCn1ccnc1C(N)=S. The summed E-state index contributed by atoms with van der Waals surface area (Å²) in [5.74, 6) is 0.735. The number of rotatable bonds is 4. The Bertz CT molecular complexity index is 388. The fraction of sp³-hybridized carbons (Fsp3) is 0.667. The molecule has 1 aliphatic rings. The number of aromatic nitrogens is 2. The number of hydrogen-bond acceptors (Lipinski definition) is 3. The van der Waals surface area contributed by atoms with Gasteiger partial charge in [-0.2, -0.15) is 0 Å². The van der Waals surface area contributed by atoms with Gasteiger partial charge in [-0.25, -0.2) is 4.98 Å². The Labute approximate surface area is 108 Å². The van der Waals surface area contributed by atoms with E-state index >= 15 is 0 Å². The highest BCUT2D eigenvalue weighted by Gasteiger charge is 2.18. The molecular formula is C12H20N4S. The van der Waals surface area contributed by atoms with Crippen LogP contribution in [0.1, 0.15) is 31.5 Å². The molecule has 2 rings (SSSR count). The van der Waals surface area contributed by atoms with Gasteiger partial charge >= 0.3 is 0 Å². The highest BCUT2D eigenvalue weighted by atomic mass is 32.1. The van der Waals surface area contributed by atoms with Crippen LogP contribution in [0, 0.1) is 0 Å². The number of nitrogens with zero attached hydrogens (tertiary/aromatic N) is 3. The summed E-state index contributed by atoms with van der Waals surface area (Å²) in [6.07, 6.45) is 8.84. The molecule has 0 aliphatic carbocycles. The zero-order valence-electron chi connectivity index (χ0n) is 10.3. The van der Waals surface area contributed by atoms with Gasteiger partial charge in [-0.3, -0.25) is 0 Å². The molecule has 1 saturated heterocycles. The van der Waals surface area contributed by atoms with Gasteiger partial charge in [0, 0.05) is 25.0 Å². The summed E-state index contributed by atoms with van der Waals surface area (Å²) in [4.78, 5) is 7.02. The molecule has 94 valence electrons. The standard InChI is InChI=1S/C12H20N4S/c1-15-7-3-2-4-10(15)5-8-16-9-6-14-12(16)11(13)17/h6,9-10H,2-5,7-8H2,1H3,(H2,13,17). The molecule has 1 aromatic rings. The molecule has 1 aromatic heterocycles. The molecule has 1 atom stereocenters. The van der Waals surface area contributed by atoms with Crippen LogP contribution in [0.3, 0.4) is 0 Å². The normalized spacial score (nSPS) is 21.6. The summed E-state index contributed by atoms with van der Waals surface area (Å²) < 4.78 is 2.06. The third-order valence-corrected chi connectivity index (χ3v) is 3.74. The van der Waals surface area contributed by atoms with E-state index in [9.17, 15) is 0 Å². The van der Waals surface area contributed by atoms with Gasteiger partial charge in [0.25, 0.3) is 0 Å². The van der Waals surface area contributed by atoms with Crippen molar-refractivity contribution >= 4 is 17.2 Å². The van der Waals surface area contributed by atoms with Crippen LogP contribution < -0.4 is 5.73 Å². The Hall–Kier alpha value is -0.940. The minimum atomic E-state index is 0.381. The molecule has 1 unspecified atom stereocenters. The third-order valence-electron chi connectivity index (χ3n) is 3.56. The van der Waals surface area contributed by atoms with Crippen molar-refractivity contribution in [3.63, 3.8) is 0 Å². The Balaban J connectivity index is 1.92. The van der Waals surface area contributed by atoms with E-state index in [4.69, 9.17) is 18.0 Å². The lowest BCUT2D eigenvalue weighted by atomic mass is 10.0. The van der Waals surface area contributed by atoms with E-state index in [1.165, 1.54) is 25.8 Å². The van der Waals surface area contributed by atoms with Crippen LogP contribution in [-0.4, -0.2) is 39.1 Å². The van der Waals surface area contributed by atoms with Gasteiger partial charge < -0.3 is 15.2 Å². The number of likely N-dealkylation sites (tertiary alicyclic amines) is 1. The van der Waals surface area contributed by atoms with Crippen LogP contribution in [0.4, 0.5) is 0 Å². The molecule has 0 amide bonds. The van der Waals surface area contributed by atoms with Crippen molar-refractivity contribution < 1.29 is 0 Å². The number of thiocarbonyl (C=S) groups is 1. The van der Waals surface area contributed by atoms with Crippen molar-refractivity contribution in [1.82, 2.24) is 14.5 Å². The van der Waals surface area contributed by atoms with E-state index in [1.807, 2.05) is 6.20 Å². The quantitative estimate of drug-likeness (QED) is 0.823. The summed E-state index contributed by atoms with van der Waals surface area (Å²) in [6.45, 7) is 2.17. The predicted molar refractivity (Wildman–Crippen MR) is 73.0 cm³/mol. The van der Waals surface area contributed by atoms with E-state index in [0.29, 0.717) is 11.0 Å². The summed E-state index contributed by atoms with van der Waals surface area (Å²) in [5, 5.41) is 0. The number of aryl methyl sites for hydroxylation is 1. The van der Waals surface area contributed by atoms with Crippen LogP contribution in [0.25, 0.3) is 0 Å². The van der Waals surface area contributed by atoms with E-state index in [1.54, 1.807) is 6.20 Å². The van der Waals surface area contributed by atoms with Crippen LogP contribution in [0.15, 0.2) is 12.4 Å². The summed E-state index contributed by atoms with van der Waals surface area (Å²) in [6, 6.07) is 0.686. The van der Waals surface area contributed by atoms with Crippen molar-refractivity contribution in [2.45, 2.75) is 38.3 Å². The monoisotopic (exact) mass is 252 g/mol. The first-order valence-electron chi connectivity index (χ1n) is 6.19. The van der Waals surface area contributed by atoms with E-state index in [0.717, 1.165) is 18.8 Å². The smallest absolute Gasteiger partial charge is 0.167 e. The van der Waals surface area contributed by atoms with E-state index < -0.39 is 0 Å². The molecule has 0 radical (unpaired) electrons. The maximum absolute atomic E-state index is 5.63. The molecule has 0 aromatic carbocycles. The minimum Gasteiger partial charge on any atom is -0.387 e. The Morgan fingerprint density at radius 1 is 1.59 bits per heavy atom. The molecule has 17 heavy (non-hydrogen) atoms. The molecule has 1 fully saturated rings. The molecule has 0 saturated carbocycles. The zero-order chi connectivity index (χ0) is 12.3. The van der Waals surface area contributed by atoms with Gasteiger partial charge in [0.05, 0.1) is 0 Å². The van der Waals surface area contributed by atoms with E-state index in [2.05, 4.69) is 21.5 Å². The first kappa shape index (κ1) is 12.5. The second-order valence-corrected chi connectivity index (χ2v) is 5.17. The fourth-order valence-electron chi connectivity index (χ4n) is 2.51. The molecule has 2 heterocycles. The molecular weight excluding hydrogens is 232 g/mol. The van der Waals surface area contributed by atoms with Gasteiger partial charge in [0.1, 0.15) is 4.99 Å². The highest BCUT2D eigenvalue weighted by Crippen LogP contribution is 2.18. The number of hydrogen-bond donors (Lipinski definition) is 1. The lowest BCUT2D eigenvalue weighted by molar-refractivity contribution is 0.171. The van der Waals surface area contributed by atoms with Crippen molar-refractivity contribution in [2.24, 2.45) is 5.73 Å². The largest absolute Gasteiger partial charge is 0.387 e. The number of nitrogens with two attached hydrogens (primary N) is 1. The minimum absolute atomic E-state index is 0.381. The van der Waals surface area contributed by atoms with Crippen LogP contribution >= 0.6 is 12.2 Å². The van der Waals surface area contributed by atoms with Gasteiger partial charge in [-0.05, 0) is 32.9 Å². The fourth-order valence-corrected chi connectivity index (χ4v) is 2.68. The van der Waals surface area contributed by atoms with Crippen molar-refractivity contribution in [1.29, 1.82) is 0 Å². The topological polar surface area (TPSA) is 47.1 Å².